The molecular formula is C11H21NS. The molecule has 0 saturated carbocycles. The lowest BCUT2D eigenvalue weighted by Gasteiger charge is -2.27. The number of nitrogens with zero attached hydrogens (tertiary/aromatic N) is 1. The third kappa shape index (κ3) is 2.94. The van der Waals surface area contributed by atoms with E-state index in [0.29, 0.717) is 5.92 Å². The van der Waals surface area contributed by atoms with Crippen LogP contribution < -0.4 is 0 Å². The fourth-order valence-corrected chi connectivity index (χ4v) is 2.27. The summed E-state index contributed by atoms with van der Waals surface area (Å²) in [4.78, 5) is 2.29. The highest BCUT2D eigenvalue weighted by atomic mass is 32.1. The summed E-state index contributed by atoms with van der Waals surface area (Å²) < 4.78 is 0.0258. The minimum atomic E-state index is 0.0258. The van der Waals surface area contributed by atoms with Crippen LogP contribution in [0.3, 0.4) is 0 Å². The average Bonchev–Trinajstić information content (AvgIpc) is 2.11. The fraction of sp³-hybridized carbons (Fsp3) is 0.818. The Morgan fingerprint density at radius 1 is 1.54 bits per heavy atom. The zero-order valence-electron chi connectivity index (χ0n) is 9.17. The number of rotatable bonds is 1. The minimum Gasteiger partial charge on any atom is -0.380 e. The molecule has 0 aromatic carbocycles. The van der Waals surface area contributed by atoms with Crippen molar-refractivity contribution in [3.8, 4) is 0 Å². The van der Waals surface area contributed by atoms with Crippen molar-refractivity contribution in [2.24, 2.45) is 5.92 Å². The van der Waals surface area contributed by atoms with Crippen molar-refractivity contribution in [3.63, 3.8) is 0 Å². The second-order valence-corrected chi connectivity index (χ2v) is 5.79. The number of thiol groups is 1. The van der Waals surface area contributed by atoms with Gasteiger partial charge in [-0.2, -0.15) is 12.6 Å². The van der Waals surface area contributed by atoms with Gasteiger partial charge in [-0.25, -0.2) is 0 Å². The maximum atomic E-state index is 4.65. The third-order valence-corrected chi connectivity index (χ3v) is 3.00. The molecule has 0 spiro atoms. The first-order valence-corrected chi connectivity index (χ1v) is 5.51. The highest BCUT2D eigenvalue weighted by Crippen LogP contribution is 2.33. The molecule has 1 rings (SSSR count). The van der Waals surface area contributed by atoms with E-state index < -0.39 is 0 Å². The Bertz CT molecular complexity index is 203. The van der Waals surface area contributed by atoms with E-state index in [4.69, 9.17) is 0 Å². The molecule has 0 aromatic heterocycles. The van der Waals surface area contributed by atoms with Gasteiger partial charge in [0.1, 0.15) is 0 Å². The molecule has 13 heavy (non-hydrogen) atoms. The molecule has 0 saturated heterocycles. The highest BCUT2D eigenvalue weighted by molar-refractivity contribution is 7.82. The van der Waals surface area contributed by atoms with Crippen LogP contribution in [0.2, 0.25) is 0 Å². The van der Waals surface area contributed by atoms with Crippen LogP contribution in [0.15, 0.2) is 11.8 Å². The van der Waals surface area contributed by atoms with Crippen molar-refractivity contribution in [2.75, 3.05) is 13.6 Å². The molecule has 0 amide bonds. The lowest BCUT2D eigenvalue weighted by atomic mass is 9.89. The molecule has 0 bridgehead atoms. The van der Waals surface area contributed by atoms with Gasteiger partial charge < -0.3 is 4.90 Å². The molecule has 0 N–H and O–H groups in total. The first-order chi connectivity index (χ1) is 5.91. The second-order valence-electron chi connectivity index (χ2n) is 4.67. The molecule has 0 aliphatic carbocycles. The maximum absolute atomic E-state index is 4.65. The van der Waals surface area contributed by atoms with Crippen molar-refractivity contribution < 1.29 is 0 Å². The predicted octanol–water partition coefficient (Wildman–Crippen LogP) is 2.94. The minimum absolute atomic E-state index is 0.0258. The van der Waals surface area contributed by atoms with Crippen molar-refractivity contribution in [1.82, 2.24) is 4.90 Å². The van der Waals surface area contributed by atoms with Gasteiger partial charge in [0, 0.05) is 18.3 Å². The van der Waals surface area contributed by atoms with Gasteiger partial charge in [0.05, 0.1) is 0 Å². The quantitative estimate of drug-likeness (QED) is 0.636. The van der Waals surface area contributed by atoms with Crippen LogP contribution in [0.5, 0.6) is 0 Å². The van der Waals surface area contributed by atoms with Crippen molar-refractivity contribution >= 4 is 12.6 Å². The van der Waals surface area contributed by atoms with Gasteiger partial charge in [-0.15, -0.1) is 0 Å². The van der Waals surface area contributed by atoms with Crippen molar-refractivity contribution in [3.05, 3.63) is 11.8 Å². The van der Waals surface area contributed by atoms with Crippen molar-refractivity contribution in [2.45, 2.75) is 38.4 Å². The highest BCUT2D eigenvalue weighted by Gasteiger charge is 2.25. The van der Waals surface area contributed by atoms with E-state index in [9.17, 15) is 0 Å². The molecule has 0 aromatic rings. The Morgan fingerprint density at radius 2 is 2.15 bits per heavy atom. The molecule has 1 unspecified atom stereocenters. The Hall–Kier alpha value is -0.110. The van der Waals surface area contributed by atoms with Gasteiger partial charge in [0.25, 0.3) is 0 Å². The normalized spacial score (nSPS) is 25.5. The predicted molar refractivity (Wildman–Crippen MR) is 62.2 cm³/mol. The summed E-state index contributed by atoms with van der Waals surface area (Å²) in [6.07, 6.45) is 4.87. The summed E-state index contributed by atoms with van der Waals surface area (Å²) >= 11 is 4.65. The smallest absolute Gasteiger partial charge is 0.0301 e. The molecule has 2 heteroatoms. The van der Waals surface area contributed by atoms with Crippen LogP contribution in [0, 0.1) is 5.92 Å². The lowest BCUT2D eigenvalue weighted by molar-refractivity contribution is 0.443. The molecule has 1 aliphatic rings. The van der Waals surface area contributed by atoms with E-state index in [-0.39, 0.29) is 4.75 Å². The van der Waals surface area contributed by atoms with Gasteiger partial charge in [-0.05, 0) is 44.4 Å². The zero-order chi connectivity index (χ0) is 10.1. The molecule has 76 valence electrons. The Kier molecular flexibility index (Phi) is 3.33. The van der Waals surface area contributed by atoms with Crippen LogP contribution in [0.1, 0.15) is 33.6 Å². The van der Waals surface area contributed by atoms with E-state index in [0.717, 1.165) is 0 Å². The topological polar surface area (TPSA) is 3.24 Å². The SMILES string of the molecule is CC1CCCN(C)C=C1C(C)(C)S. The number of hydrogen-bond donors (Lipinski definition) is 1. The lowest BCUT2D eigenvalue weighted by Crippen LogP contribution is -2.21. The Morgan fingerprint density at radius 3 is 2.69 bits per heavy atom. The van der Waals surface area contributed by atoms with Crippen LogP contribution in [-0.2, 0) is 0 Å². The molecule has 1 aliphatic heterocycles. The molecule has 0 radical (unpaired) electrons. The fourth-order valence-electron chi connectivity index (χ4n) is 1.99. The molecular weight excluding hydrogens is 178 g/mol. The molecule has 1 atom stereocenters. The van der Waals surface area contributed by atoms with Crippen LogP contribution in [-0.4, -0.2) is 23.2 Å². The van der Waals surface area contributed by atoms with Gasteiger partial charge >= 0.3 is 0 Å². The largest absolute Gasteiger partial charge is 0.380 e. The Balaban J connectivity index is 2.87. The summed E-state index contributed by atoms with van der Waals surface area (Å²) in [7, 11) is 2.15. The van der Waals surface area contributed by atoms with E-state index >= 15 is 0 Å². The van der Waals surface area contributed by atoms with Gasteiger partial charge in [-0.3, -0.25) is 0 Å². The summed E-state index contributed by atoms with van der Waals surface area (Å²) in [6.45, 7) is 7.84. The standard InChI is InChI=1S/C11H21NS/c1-9-6-5-7-12(4)8-10(9)11(2,3)13/h8-9,13H,5-7H2,1-4H3. The Labute approximate surface area is 87.6 Å². The maximum Gasteiger partial charge on any atom is 0.0301 e. The second kappa shape index (κ2) is 3.95. The molecule has 1 nitrogen and oxygen atoms in total. The molecule has 0 fully saturated rings. The van der Waals surface area contributed by atoms with E-state index in [1.165, 1.54) is 25.0 Å². The van der Waals surface area contributed by atoms with Crippen LogP contribution >= 0.6 is 12.6 Å². The summed E-state index contributed by atoms with van der Waals surface area (Å²) in [5.41, 5.74) is 1.47. The first-order valence-electron chi connectivity index (χ1n) is 5.06. The molecule has 1 heterocycles. The monoisotopic (exact) mass is 199 g/mol. The third-order valence-electron chi connectivity index (χ3n) is 2.74. The zero-order valence-corrected chi connectivity index (χ0v) is 10.1. The van der Waals surface area contributed by atoms with Crippen LogP contribution in [0.4, 0.5) is 0 Å². The number of hydrogen-bond acceptors (Lipinski definition) is 2. The van der Waals surface area contributed by atoms with E-state index in [2.05, 4.69) is 51.5 Å². The average molecular weight is 199 g/mol. The van der Waals surface area contributed by atoms with E-state index in [1.54, 1.807) is 0 Å². The summed E-state index contributed by atoms with van der Waals surface area (Å²) in [5, 5.41) is 0. The first kappa shape index (κ1) is 11.0. The van der Waals surface area contributed by atoms with Gasteiger partial charge in [0.15, 0.2) is 0 Å². The van der Waals surface area contributed by atoms with Gasteiger partial charge in [-0.1, -0.05) is 6.92 Å². The van der Waals surface area contributed by atoms with E-state index in [1.807, 2.05) is 0 Å². The van der Waals surface area contributed by atoms with Crippen LogP contribution in [0.25, 0.3) is 0 Å². The van der Waals surface area contributed by atoms with Gasteiger partial charge in [0.2, 0.25) is 0 Å². The summed E-state index contributed by atoms with van der Waals surface area (Å²) in [5.74, 6) is 0.678. The van der Waals surface area contributed by atoms with Crippen molar-refractivity contribution in [1.29, 1.82) is 0 Å². The summed E-state index contributed by atoms with van der Waals surface area (Å²) in [6, 6.07) is 0.